The number of alkyl halides is 3. The molecule has 210 valence electrons. The Morgan fingerprint density at radius 2 is 1.95 bits per heavy atom. The van der Waals surface area contributed by atoms with Crippen LogP contribution in [0.4, 0.5) is 40.7 Å². The van der Waals surface area contributed by atoms with Crippen molar-refractivity contribution < 1.29 is 22.4 Å². The summed E-state index contributed by atoms with van der Waals surface area (Å²) in [5, 5.41) is 11.8. The largest absolute Gasteiger partial charge is 0.421 e. The molecule has 0 radical (unpaired) electrons. The molecule has 1 aliphatic heterocycles. The number of carbonyl (C=O) groups is 1. The number of hydrogen-bond acceptors (Lipinski definition) is 7. The molecule has 12 heteroatoms. The lowest BCUT2D eigenvalue weighted by Gasteiger charge is -2.24. The van der Waals surface area contributed by atoms with Crippen LogP contribution in [-0.4, -0.2) is 54.1 Å². The molecule has 1 amide bonds. The number of nitrogens with one attached hydrogen (secondary N) is 4. The molecule has 4 rings (SSSR count). The van der Waals surface area contributed by atoms with E-state index in [0.29, 0.717) is 43.4 Å². The molecular weight excluding hydrogens is 502 g/mol. The van der Waals surface area contributed by atoms with Crippen molar-refractivity contribution in [2.24, 2.45) is 5.92 Å². The maximum absolute atomic E-state index is 14.9. The molecule has 0 unspecified atom stereocenters. The van der Waals surface area contributed by atoms with Crippen LogP contribution in [-0.2, 0) is 11.0 Å². The monoisotopic (exact) mass is 539 g/mol. The van der Waals surface area contributed by atoms with Gasteiger partial charge in [0.25, 0.3) is 0 Å². The highest BCUT2D eigenvalue weighted by atomic mass is 19.4. The van der Waals surface area contributed by atoms with Gasteiger partial charge in [-0.05, 0) is 57.9 Å². The minimum Gasteiger partial charge on any atom is -0.368 e. The van der Waals surface area contributed by atoms with E-state index in [9.17, 15) is 22.4 Å². The van der Waals surface area contributed by atoms with Crippen molar-refractivity contribution in [3.63, 3.8) is 0 Å². The summed E-state index contributed by atoms with van der Waals surface area (Å²) in [6.45, 7) is 6.71. The first-order valence-electron chi connectivity index (χ1n) is 12.6. The first-order chi connectivity index (χ1) is 17.6. The van der Waals surface area contributed by atoms with Gasteiger partial charge in [0.1, 0.15) is 17.2 Å². The van der Waals surface area contributed by atoms with Gasteiger partial charge in [0, 0.05) is 43.6 Å². The summed E-state index contributed by atoms with van der Waals surface area (Å²) < 4.78 is 56.1. The van der Waals surface area contributed by atoms with Crippen molar-refractivity contribution in [2.45, 2.75) is 65.2 Å². The van der Waals surface area contributed by atoms with Crippen LogP contribution in [0.2, 0.25) is 0 Å². The Hall–Kier alpha value is -3.15. The Labute approximate surface area is 221 Å². The van der Waals surface area contributed by atoms with Gasteiger partial charge in [0.15, 0.2) is 0 Å². The molecule has 38 heavy (non-hydrogen) atoms. The molecule has 1 saturated heterocycles. The second-order valence-electron chi connectivity index (χ2n) is 9.79. The molecule has 4 N–H and O–H groups in total. The zero-order valence-electron chi connectivity index (χ0n) is 21.0. The first-order valence-corrected chi connectivity index (χ1v) is 12.6. The molecule has 1 saturated carbocycles. The molecule has 2 heterocycles. The second-order valence-corrected chi connectivity index (χ2v) is 9.79. The number of anilines is 4. The minimum absolute atomic E-state index is 0. The number of rotatable bonds is 7. The Bertz CT molecular complexity index is 1090. The first kappa shape index (κ1) is 29.4. The summed E-state index contributed by atoms with van der Waals surface area (Å²) in [5.41, 5.74) is -0.240. The number of amides is 1. The fourth-order valence-corrected chi connectivity index (χ4v) is 4.83. The van der Waals surface area contributed by atoms with Crippen LogP contribution in [0, 0.1) is 11.7 Å². The number of aromatic nitrogens is 2. The molecule has 2 fully saturated rings. The average Bonchev–Trinajstić information content (AvgIpc) is 3.11. The lowest BCUT2D eigenvalue weighted by molar-refractivity contribution is -0.137. The highest BCUT2D eigenvalue weighted by Crippen LogP contribution is 2.37. The molecule has 2 atom stereocenters. The highest BCUT2D eigenvalue weighted by Gasteiger charge is 2.39. The van der Waals surface area contributed by atoms with E-state index in [-0.39, 0.29) is 25.3 Å². The predicted octanol–water partition coefficient (Wildman–Crippen LogP) is 4.92. The van der Waals surface area contributed by atoms with Gasteiger partial charge in [-0.3, -0.25) is 4.79 Å². The molecule has 1 aliphatic carbocycles. The Morgan fingerprint density at radius 1 is 1.16 bits per heavy atom. The Kier molecular flexibility index (Phi) is 9.75. The number of hydrogen-bond donors (Lipinski definition) is 4. The number of carbonyl (C=O) groups excluding carboxylic acids is 1. The molecule has 2 aliphatic rings. The van der Waals surface area contributed by atoms with Crippen molar-refractivity contribution in [1.29, 1.82) is 0 Å². The minimum atomic E-state index is -4.69. The van der Waals surface area contributed by atoms with Crippen LogP contribution in [0.5, 0.6) is 0 Å². The third-order valence-corrected chi connectivity index (χ3v) is 6.58. The van der Waals surface area contributed by atoms with Crippen LogP contribution >= 0.6 is 0 Å². The molecular formula is C26H37F4N7O. The molecule has 8 nitrogen and oxygen atoms in total. The van der Waals surface area contributed by atoms with Gasteiger partial charge in [-0.15, -0.1) is 0 Å². The van der Waals surface area contributed by atoms with Crippen LogP contribution in [0.3, 0.4) is 0 Å². The summed E-state index contributed by atoms with van der Waals surface area (Å²) >= 11 is 0. The summed E-state index contributed by atoms with van der Waals surface area (Å²) in [6.07, 6.45) is -1.26. The lowest BCUT2D eigenvalue weighted by Crippen LogP contribution is -2.41. The Balaban J connectivity index is 0.00000400. The van der Waals surface area contributed by atoms with Gasteiger partial charge in [-0.1, -0.05) is 13.8 Å². The molecule has 0 spiro atoms. The van der Waals surface area contributed by atoms with E-state index in [1.807, 2.05) is 18.7 Å². The molecule has 1 aromatic heterocycles. The van der Waals surface area contributed by atoms with E-state index >= 15 is 0 Å². The van der Waals surface area contributed by atoms with Gasteiger partial charge >= 0.3 is 6.18 Å². The van der Waals surface area contributed by atoms with Crippen LogP contribution in [0.25, 0.3) is 0 Å². The van der Waals surface area contributed by atoms with E-state index < -0.39 is 35.3 Å². The Morgan fingerprint density at radius 3 is 2.66 bits per heavy atom. The standard InChI is InChI=1S/C25H33F4N7O.CH4/c1-15(2)32-23(37)17-5-3-6-20(17)34-22-18(25(27,28)29)14-31-24(35-22)33-16-7-8-21(19(26)13-16)36-11-4-9-30-10-12-36;/h7-8,13-15,17,20,30H,3-6,9-12H2,1-2H3,(H,32,37)(H2,31,33,34,35);1H4/t17-,20+;/m0./s1. The van der Waals surface area contributed by atoms with Crippen LogP contribution in [0.15, 0.2) is 24.4 Å². The maximum atomic E-state index is 14.9. The van der Waals surface area contributed by atoms with Gasteiger partial charge in [0.05, 0.1) is 11.6 Å². The van der Waals surface area contributed by atoms with Gasteiger partial charge < -0.3 is 26.2 Å². The average molecular weight is 540 g/mol. The van der Waals surface area contributed by atoms with E-state index in [0.717, 1.165) is 26.1 Å². The zero-order chi connectivity index (χ0) is 26.6. The fraction of sp³-hybridized carbons (Fsp3) is 0.577. The SMILES string of the molecule is C.CC(C)NC(=O)[C@H]1CCC[C@H]1Nc1nc(Nc2ccc(N3CCCNCC3)c(F)c2)ncc1C(F)(F)F. The van der Waals surface area contributed by atoms with E-state index in [4.69, 9.17) is 0 Å². The third kappa shape index (κ3) is 7.24. The van der Waals surface area contributed by atoms with E-state index in [2.05, 4.69) is 31.2 Å². The quantitative estimate of drug-likeness (QED) is 0.371. The fourth-order valence-electron chi connectivity index (χ4n) is 4.83. The van der Waals surface area contributed by atoms with Crippen LogP contribution in [0.1, 0.15) is 52.5 Å². The summed E-state index contributed by atoms with van der Waals surface area (Å²) in [6, 6.07) is 4.00. The van der Waals surface area contributed by atoms with Crippen molar-refractivity contribution in [3.05, 3.63) is 35.8 Å². The zero-order valence-corrected chi connectivity index (χ0v) is 21.0. The number of nitrogens with zero attached hydrogens (tertiary/aromatic N) is 3. The summed E-state index contributed by atoms with van der Waals surface area (Å²) in [5.74, 6) is -1.62. The van der Waals surface area contributed by atoms with E-state index in [1.54, 1.807) is 12.1 Å². The van der Waals surface area contributed by atoms with Gasteiger partial charge in [-0.25, -0.2) is 9.37 Å². The maximum Gasteiger partial charge on any atom is 0.421 e. The highest BCUT2D eigenvalue weighted by molar-refractivity contribution is 5.80. The summed E-state index contributed by atoms with van der Waals surface area (Å²) in [4.78, 5) is 22.4. The lowest BCUT2D eigenvalue weighted by atomic mass is 10.0. The van der Waals surface area contributed by atoms with Crippen molar-refractivity contribution in [3.8, 4) is 0 Å². The normalized spacial score (nSPS) is 20.0. The van der Waals surface area contributed by atoms with Crippen molar-refractivity contribution >= 4 is 29.0 Å². The topological polar surface area (TPSA) is 94.2 Å². The number of benzene rings is 1. The van der Waals surface area contributed by atoms with Crippen molar-refractivity contribution in [1.82, 2.24) is 20.6 Å². The predicted molar refractivity (Wildman–Crippen MR) is 141 cm³/mol. The van der Waals surface area contributed by atoms with Crippen molar-refractivity contribution in [2.75, 3.05) is 41.7 Å². The van der Waals surface area contributed by atoms with E-state index in [1.165, 1.54) is 6.07 Å². The third-order valence-electron chi connectivity index (χ3n) is 6.58. The molecule has 1 aromatic carbocycles. The van der Waals surface area contributed by atoms with Crippen LogP contribution < -0.4 is 26.2 Å². The molecule has 2 aromatic rings. The number of halogens is 4. The summed E-state index contributed by atoms with van der Waals surface area (Å²) in [7, 11) is 0. The van der Waals surface area contributed by atoms with Gasteiger partial charge in [0.2, 0.25) is 11.9 Å². The van der Waals surface area contributed by atoms with Gasteiger partial charge in [-0.2, -0.15) is 18.2 Å². The second kappa shape index (κ2) is 12.6. The molecule has 0 bridgehead atoms. The smallest absolute Gasteiger partial charge is 0.368 e.